The van der Waals surface area contributed by atoms with Crippen LogP contribution in [0.25, 0.3) is 21.8 Å². The van der Waals surface area contributed by atoms with E-state index in [1.165, 1.54) is 0 Å². The Morgan fingerprint density at radius 1 is 1.04 bits per heavy atom. The molecular formula is C17H15N3O3. The highest BCUT2D eigenvalue weighted by Gasteiger charge is 2.09. The van der Waals surface area contributed by atoms with Crippen molar-refractivity contribution in [1.82, 2.24) is 4.98 Å². The van der Waals surface area contributed by atoms with E-state index < -0.39 is 5.97 Å². The van der Waals surface area contributed by atoms with Gasteiger partial charge in [-0.15, -0.1) is 0 Å². The Morgan fingerprint density at radius 3 is 2.57 bits per heavy atom. The summed E-state index contributed by atoms with van der Waals surface area (Å²) in [5, 5.41) is 12.9. The molecule has 6 heteroatoms. The Bertz CT molecular complexity index is 921. The Labute approximate surface area is 131 Å². The number of nitrogens with two attached hydrogens (primary N) is 1. The summed E-state index contributed by atoms with van der Waals surface area (Å²) in [5.41, 5.74) is 8.95. The van der Waals surface area contributed by atoms with Crippen molar-refractivity contribution < 1.29 is 14.7 Å². The molecule has 0 spiro atoms. The number of carbonyl (C=O) groups is 2. The summed E-state index contributed by atoms with van der Waals surface area (Å²) in [7, 11) is 0. The van der Waals surface area contributed by atoms with Gasteiger partial charge >= 0.3 is 5.97 Å². The molecule has 0 radical (unpaired) electrons. The van der Waals surface area contributed by atoms with E-state index in [0.717, 1.165) is 21.8 Å². The number of carbonyl (C=O) groups excluding carboxylic acids is 1. The molecule has 1 heterocycles. The minimum absolute atomic E-state index is 0.0706. The first-order valence-corrected chi connectivity index (χ1v) is 7.14. The van der Waals surface area contributed by atoms with Gasteiger partial charge in [0.15, 0.2) is 0 Å². The second-order valence-corrected chi connectivity index (χ2v) is 5.22. The summed E-state index contributed by atoms with van der Waals surface area (Å²) in [4.78, 5) is 26.8. The topological polar surface area (TPSA) is 105 Å². The van der Waals surface area contributed by atoms with Crippen molar-refractivity contribution in [2.75, 3.05) is 11.1 Å². The maximum absolute atomic E-state index is 11.7. The molecule has 4 N–H and O–H groups in total. The van der Waals surface area contributed by atoms with E-state index in [2.05, 4.69) is 10.3 Å². The molecule has 6 nitrogen and oxygen atoms in total. The van der Waals surface area contributed by atoms with Crippen molar-refractivity contribution in [3.63, 3.8) is 0 Å². The van der Waals surface area contributed by atoms with E-state index >= 15 is 0 Å². The van der Waals surface area contributed by atoms with Crippen LogP contribution in [0.4, 0.5) is 11.4 Å². The van der Waals surface area contributed by atoms with Gasteiger partial charge in [0.1, 0.15) is 0 Å². The largest absolute Gasteiger partial charge is 0.481 e. The molecule has 23 heavy (non-hydrogen) atoms. The molecular weight excluding hydrogens is 294 g/mol. The van der Waals surface area contributed by atoms with Crippen LogP contribution in [0.5, 0.6) is 0 Å². The van der Waals surface area contributed by atoms with E-state index in [9.17, 15) is 9.59 Å². The molecule has 0 atom stereocenters. The molecule has 2 aromatic carbocycles. The summed E-state index contributed by atoms with van der Waals surface area (Å²) in [6.45, 7) is 0. The normalized spacial score (nSPS) is 10.8. The number of aliphatic carboxylic acids is 1. The van der Waals surface area contributed by atoms with Crippen LogP contribution in [0.3, 0.4) is 0 Å². The van der Waals surface area contributed by atoms with Crippen LogP contribution in [-0.2, 0) is 9.59 Å². The van der Waals surface area contributed by atoms with Gasteiger partial charge in [-0.2, -0.15) is 0 Å². The fourth-order valence-electron chi connectivity index (χ4n) is 2.44. The average Bonchev–Trinajstić information content (AvgIpc) is 2.54. The second kappa shape index (κ2) is 5.92. The minimum Gasteiger partial charge on any atom is -0.481 e. The number of nitrogen functional groups attached to an aromatic ring is 1. The lowest BCUT2D eigenvalue weighted by Crippen LogP contribution is -2.13. The molecule has 3 aromatic rings. The lowest BCUT2D eigenvalue weighted by atomic mass is 10.1. The Morgan fingerprint density at radius 2 is 1.78 bits per heavy atom. The molecule has 0 saturated heterocycles. The molecule has 1 aromatic heterocycles. The molecule has 3 rings (SSSR count). The maximum atomic E-state index is 11.7. The first-order chi connectivity index (χ1) is 11.0. The van der Waals surface area contributed by atoms with Crippen molar-refractivity contribution in [2.24, 2.45) is 0 Å². The monoisotopic (exact) mass is 309 g/mol. The van der Waals surface area contributed by atoms with Crippen LogP contribution < -0.4 is 11.1 Å². The van der Waals surface area contributed by atoms with E-state index in [0.29, 0.717) is 11.4 Å². The van der Waals surface area contributed by atoms with E-state index in [-0.39, 0.29) is 18.7 Å². The van der Waals surface area contributed by atoms with Gasteiger partial charge < -0.3 is 16.2 Å². The molecule has 0 unspecified atom stereocenters. The third-order valence-electron chi connectivity index (χ3n) is 3.57. The van der Waals surface area contributed by atoms with Crippen molar-refractivity contribution >= 4 is 45.1 Å². The molecule has 0 bridgehead atoms. The number of carboxylic acid groups (broad SMARTS) is 1. The SMILES string of the molecule is Nc1c2ccccc2nc2ccc(NC(=O)CCC(=O)O)cc12. The zero-order chi connectivity index (χ0) is 16.4. The van der Waals surface area contributed by atoms with Gasteiger partial charge in [0, 0.05) is 22.9 Å². The van der Waals surface area contributed by atoms with Crippen molar-refractivity contribution in [3.05, 3.63) is 42.5 Å². The number of carboxylic acids is 1. The summed E-state index contributed by atoms with van der Waals surface area (Å²) >= 11 is 0. The summed E-state index contributed by atoms with van der Waals surface area (Å²) in [6, 6.07) is 12.8. The zero-order valence-corrected chi connectivity index (χ0v) is 12.2. The number of nitrogens with zero attached hydrogens (tertiary/aromatic N) is 1. The maximum Gasteiger partial charge on any atom is 0.303 e. The number of fused-ring (bicyclic) bond motifs is 2. The number of benzene rings is 2. The van der Waals surface area contributed by atoms with Crippen molar-refractivity contribution in [3.8, 4) is 0 Å². The van der Waals surface area contributed by atoms with Crippen LogP contribution in [0.15, 0.2) is 42.5 Å². The summed E-state index contributed by atoms with van der Waals surface area (Å²) < 4.78 is 0. The smallest absolute Gasteiger partial charge is 0.303 e. The van der Waals surface area contributed by atoms with Crippen LogP contribution in [0, 0.1) is 0 Å². The fourth-order valence-corrected chi connectivity index (χ4v) is 2.44. The summed E-state index contributed by atoms with van der Waals surface area (Å²) in [6.07, 6.45) is -0.271. The first kappa shape index (κ1) is 14.8. The number of aromatic nitrogens is 1. The lowest BCUT2D eigenvalue weighted by molar-refractivity contribution is -0.138. The highest BCUT2D eigenvalue weighted by molar-refractivity contribution is 6.07. The number of hydrogen-bond donors (Lipinski definition) is 3. The molecule has 0 aliphatic carbocycles. The van der Waals surface area contributed by atoms with E-state index in [1.54, 1.807) is 18.2 Å². The predicted molar refractivity (Wildman–Crippen MR) is 89.2 cm³/mol. The fraction of sp³-hybridized carbons (Fsp3) is 0.118. The van der Waals surface area contributed by atoms with Gasteiger partial charge in [-0.05, 0) is 24.3 Å². The Balaban J connectivity index is 1.95. The van der Waals surface area contributed by atoms with Crippen LogP contribution >= 0.6 is 0 Å². The molecule has 0 fully saturated rings. The number of pyridine rings is 1. The number of amides is 1. The third kappa shape index (κ3) is 3.06. The predicted octanol–water partition coefficient (Wildman–Crippen LogP) is 2.77. The summed E-state index contributed by atoms with van der Waals surface area (Å²) in [5.74, 6) is -1.35. The Kier molecular flexibility index (Phi) is 3.80. The molecule has 0 saturated carbocycles. The van der Waals surface area contributed by atoms with Crippen LogP contribution in [-0.4, -0.2) is 22.0 Å². The van der Waals surface area contributed by atoms with Crippen LogP contribution in [0.2, 0.25) is 0 Å². The number of nitrogens with one attached hydrogen (secondary N) is 1. The quantitative estimate of drug-likeness (QED) is 0.643. The van der Waals surface area contributed by atoms with Crippen LogP contribution in [0.1, 0.15) is 12.8 Å². The molecule has 0 aliphatic rings. The van der Waals surface area contributed by atoms with Gasteiger partial charge in [0.2, 0.25) is 5.91 Å². The zero-order valence-electron chi connectivity index (χ0n) is 12.2. The third-order valence-corrected chi connectivity index (χ3v) is 3.57. The number of rotatable bonds is 4. The standard InChI is InChI=1S/C17H15N3O3/c18-17-11-3-1-2-4-13(11)20-14-6-5-10(9-12(14)17)19-15(21)7-8-16(22)23/h1-6,9H,7-8H2,(H2,18,20)(H,19,21)(H,22,23). The van der Waals surface area contributed by atoms with Gasteiger partial charge in [-0.3, -0.25) is 9.59 Å². The minimum atomic E-state index is -1.00. The van der Waals surface area contributed by atoms with E-state index in [1.807, 2.05) is 24.3 Å². The number of hydrogen-bond acceptors (Lipinski definition) is 4. The van der Waals surface area contributed by atoms with Gasteiger partial charge in [0.25, 0.3) is 0 Å². The molecule has 0 aliphatic heterocycles. The molecule has 1 amide bonds. The van der Waals surface area contributed by atoms with Gasteiger partial charge in [-0.25, -0.2) is 4.98 Å². The lowest BCUT2D eigenvalue weighted by Gasteiger charge is -2.09. The van der Waals surface area contributed by atoms with Gasteiger partial charge in [0.05, 0.1) is 23.1 Å². The molecule has 116 valence electrons. The highest BCUT2D eigenvalue weighted by atomic mass is 16.4. The van der Waals surface area contributed by atoms with E-state index in [4.69, 9.17) is 10.8 Å². The number of anilines is 2. The average molecular weight is 309 g/mol. The van der Waals surface area contributed by atoms with Gasteiger partial charge in [-0.1, -0.05) is 18.2 Å². The second-order valence-electron chi connectivity index (χ2n) is 5.22. The number of para-hydroxylation sites is 1. The van der Waals surface area contributed by atoms with Crippen molar-refractivity contribution in [1.29, 1.82) is 0 Å². The van der Waals surface area contributed by atoms with Crippen molar-refractivity contribution in [2.45, 2.75) is 12.8 Å². The first-order valence-electron chi connectivity index (χ1n) is 7.14. The Hall–Kier alpha value is -3.15. The highest BCUT2D eigenvalue weighted by Crippen LogP contribution is 2.29.